The topological polar surface area (TPSA) is 186 Å². The quantitative estimate of drug-likeness (QED) is 0.0191. The molecule has 4 N–H and O–H groups in total. The van der Waals surface area contributed by atoms with Gasteiger partial charge < -0.3 is 30.6 Å². The number of hydrogen-bond donors (Lipinski definition) is 4. The van der Waals surface area contributed by atoms with Crippen LogP contribution in [0.15, 0.2) is 70.6 Å². The van der Waals surface area contributed by atoms with Crippen LogP contribution in [0.3, 0.4) is 0 Å². The van der Waals surface area contributed by atoms with Crippen molar-refractivity contribution >= 4 is 34.7 Å². The Balaban J connectivity index is 0.000000942. The number of aromatic carboxylic acids is 2. The fraction of sp³-hybridized carbons (Fsp3) is 0.636. The second-order valence-corrected chi connectivity index (χ2v) is 24.5. The summed E-state index contributed by atoms with van der Waals surface area (Å²) in [7, 11) is 0. The molecule has 0 saturated carbocycles. The van der Waals surface area contributed by atoms with E-state index in [1.807, 2.05) is 13.8 Å². The van der Waals surface area contributed by atoms with Gasteiger partial charge in [-0.05, 0) is 173 Å². The zero-order valence-electron chi connectivity index (χ0n) is 56.4. The molecule has 0 atom stereocenters. The number of carboxylic acid groups (broad SMARTS) is 2. The van der Waals surface area contributed by atoms with E-state index < -0.39 is 34.9 Å². The van der Waals surface area contributed by atoms with E-state index in [0.29, 0.717) is 24.0 Å². The van der Waals surface area contributed by atoms with E-state index in [9.17, 15) is 19.8 Å². The van der Waals surface area contributed by atoms with Crippen LogP contribution in [0.25, 0.3) is 0 Å². The number of carboxylic acids is 2. The fourth-order valence-electron chi connectivity index (χ4n) is 11.2. The number of aryl methyl sites for hydroxylation is 6. The first kappa shape index (κ1) is 80.9. The Labute approximate surface area is 545 Å². The molecule has 0 saturated heterocycles. The van der Waals surface area contributed by atoms with Gasteiger partial charge in [-0.15, -0.1) is 0 Å². The summed E-state index contributed by atoms with van der Waals surface area (Å²) in [4.78, 5) is 33.1. The summed E-state index contributed by atoms with van der Waals surface area (Å²) in [6, 6.07) is 20.1. The largest absolute Gasteiger partial charge is 2.00 e. The van der Waals surface area contributed by atoms with Gasteiger partial charge >= 0.3 is 28.4 Å². The molecule has 0 aromatic heterocycles. The van der Waals surface area contributed by atoms with E-state index in [-0.39, 0.29) is 27.6 Å². The fourth-order valence-corrected chi connectivity index (χ4v) is 11.2. The number of phenols is 2. The standard InChI is InChI=1S/C53H90N2.2C12H16O4.Ni/c1-7-13-19-21-23-24-25-26-27-28-29-31-33-39-53(55-51-44-48(36-17-11-5)41-49(45-51)37-18-12-6)52(38-32-30-22-20-14-8-2)54-50-42-46(34-15-9-3)40-47(43-50)35-16-10-4;2*1-2-3-4-5-8-6-7-9(13)11(14)10(8)12(15)16;/h40-45H,7-39H2,1-6H3;2*6-7,13-14H,2-5H2,1H3,(H,15,16);/q;;;+2/p-2. The number of carbonyl (C=O) groups is 2. The molecule has 10 nitrogen and oxygen atoms in total. The third-order valence-corrected chi connectivity index (χ3v) is 16.5. The zero-order valence-corrected chi connectivity index (χ0v) is 57.4. The Morgan fingerprint density at radius 1 is 0.341 bits per heavy atom. The van der Waals surface area contributed by atoms with E-state index in [2.05, 4.69) is 77.9 Å². The summed E-state index contributed by atoms with van der Waals surface area (Å²) in [6.07, 6.45) is 49.3. The Kier molecular flexibility index (Phi) is 47.4. The number of unbranched alkanes of at least 4 members (excludes halogenated alkanes) is 25. The van der Waals surface area contributed by atoms with Crippen molar-refractivity contribution in [3.63, 3.8) is 0 Å². The van der Waals surface area contributed by atoms with Crippen LogP contribution in [-0.2, 0) is 55.0 Å². The van der Waals surface area contributed by atoms with E-state index in [0.717, 1.165) is 77.0 Å². The van der Waals surface area contributed by atoms with Gasteiger partial charge in [0.1, 0.15) is 11.5 Å². The molecule has 0 heterocycles. The van der Waals surface area contributed by atoms with Crippen LogP contribution in [0.5, 0.6) is 23.0 Å². The summed E-state index contributed by atoms with van der Waals surface area (Å²) in [5.41, 5.74) is 11.1. The summed E-state index contributed by atoms with van der Waals surface area (Å²) in [6.45, 7) is 18.0. The molecule has 0 amide bonds. The third kappa shape index (κ3) is 34.7. The molecule has 0 spiro atoms. The van der Waals surface area contributed by atoms with E-state index in [1.54, 1.807) is 0 Å². The van der Waals surface area contributed by atoms with Crippen LogP contribution in [0.4, 0.5) is 11.4 Å². The van der Waals surface area contributed by atoms with Gasteiger partial charge in [-0.2, -0.15) is 0 Å². The van der Waals surface area contributed by atoms with Crippen molar-refractivity contribution in [1.82, 2.24) is 0 Å². The van der Waals surface area contributed by atoms with E-state index in [4.69, 9.17) is 30.4 Å². The summed E-state index contributed by atoms with van der Waals surface area (Å²) >= 11 is 0. The summed E-state index contributed by atoms with van der Waals surface area (Å²) in [5.74, 6) is -5.13. The normalized spacial score (nSPS) is 11.4. The Hall–Kier alpha value is -5.15. The van der Waals surface area contributed by atoms with Gasteiger partial charge in [0.2, 0.25) is 0 Å². The molecule has 496 valence electrons. The maximum absolute atomic E-state index is 11.4. The maximum atomic E-state index is 11.4. The summed E-state index contributed by atoms with van der Waals surface area (Å²) < 4.78 is 0. The second-order valence-electron chi connectivity index (χ2n) is 24.5. The van der Waals surface area contributed by atoms with Crippen LogP contribution in [0.1, 0.15) is 334 Å². The number of nitrogens with zero attached hydrogens (tertiary/aromatic N) is 2. The molecule has 0 aliphatic heterocycles. The number of aliphatic imine (C=N–C) groups is 2. The molecular formula is C77H120N2NiO8. The minimum absolute atomic E-state index is 0. The molecule has 0 radical (unpaired) electrons. The molecule has 4 aromatic carbocycles. The predicted molar refractivity (Wildman–Crippen MR) is 365 cm³/mol. The average Bonchev–Trinajstić information content (AvgIpc) is 2.74. The number of benzene rings is 4. The molecule has 4 rings (SSSR count). The van der Waals surface area contributed by atoms with Gasteiger partial charge in [-0.3, -0.25) is 9.98 Å². The van der Waals surface area contributed by atoms with Crippen molar-refractivity contribution in [2.75, 3.05) is 0 Å². The van der Waals surface area contributed by atoms with E-state index in [1.165, 1.54) is 243 Å². The number of aromatic hydroxyl groups is 2. The van der Waals surface area contributed by atoms with Gasteiger partial charge in [0, 0.05) is 0 Å². The minimum Gasteiger partial charge on any atom is -0.869 e. The number of rotatable bonds is 46. The van der Waals surface area contributed by atoms with Crippen molar-refractivity contribution in [2.45, 2.75) is 319 Å². The molecule has 88 heavy (non-hydrogen) atoms. The van der Waals surface area contributed by atoms with Gasteiger partial charge in [0.25, 0.3) is 0 Å². The second kappa shape index (κ2) is 51.6. The first-order valence-corrected chi connectivity index (χ1v) is 35.1. The van der Waals surface area contributed by atoms with Gasteiger partial charge in [-0.25, -0.2) is 9.59 Å². The minimum atomic E-state index is -1.27. The molecule has 0 bridgehead atoms. The van der Waals surface area contributed by atoms with Crippen LogP contribution in [0, 0.1) is 0 Å². The van der Waals surface area contributed by atoms with Crippen LogP contribution < -0.4 is 10.2 Å². The Morgan fingerprint density at radius 3 is 0.852 bits per heavy atom. The molecule has 11 heteroatoms. The van der Waals surface area contributed by atoms with Crippen molar-refractivity contribution in [2.24, 2.45) is 9.98 Å². The average molecular weight is 1260 g/mol. The van der Waals surface area contributed by atoms with Crippen molar-refractivity contribution in [1.29, 1.82) is 0 Å². The van der Waals surface area contributed by atoms with Gasteiger partial charge in [0.05, 0.1) is 33.9 Å². The van der Waals surface area contributed by atoms with Gasteiger partial charge in [0.15, 0.2) is 0 Å². The Morgan fingerprint density at radius 2 is 0.591 bits per heavy atom. The first-order chi connectivity index (χ1) is 42.2. The molecule has 0 unspecified atom stereocenters. The molecular weight excluding hydrogens is 1140 g/mol. The van der Waals surface area contributed by atoms with Crippen LogP contribution in [-0.4, -0.2) is 43.8 Å². The maximum Gasteiger partial charge on any atom is 2.00 e. The van der Waals surface area contributed by atoms with Crippen molar-refractivity contribution < 1.29 is 56.7 Å². The monoisotopic (exact) mass is 1260 g/mol. The van der Waals surface area contributed by atoms with Gasteiger partial charge in [-0.1, -0.05) is 252 Å². The SMILES string of the molecule is CCCCCCCCCCCCCCCC(=Nc1cc(CCCC)cc(CCCC)c1)C(CCCCCCCC)=Nc1cc(CCCC)cc(CCCC)c1.CCCCCc1ccc(O)c([O-])c1C(=O)O.CCCCCc1ccc(O)c([O-])c1C(=O)O.[Ni+2]. The smallest absolute Gasteiger partial charge is 0.869 e. The Bertz CT molecular complexity index is 2430. The number of phenolic OH excluding ortho intramolecular Hbond substituents is 2. The van der Waals surface area contributed by atoms with Crippen molar-refractivity contribution in [3.8, 4) is 23.0 Å². The predicted octanol–water partition coefficient (Wildman–Crippen LogP) is 21.9. The molecule has 0 fully saturated rings. The molecule has 0 aliphatic rings. The van der Waals surface area contributed by atoms with Crippen molar-refractivity contribution in [3.05, 3.63) is 105 Å². The van der Waals surface area contributed by atoms with E-state index >= 15 is 0 Å². The third-order valence-electron chi connectivity index (χ3n) is 16.5. The van der Waals surface area contributed by atoms with Crippen LogP contribution in [0.2, 0.25) is 0 Å². The molecule has 0 aliphatic carbocycles. The number of hydrogen-bond acceptors (Lipinski definition) is 8. The zero-order chi connectivity index (χ0) is 63.9. The summed E-state index contributed by atoms with van der Waals surface area (Å²) in [5, 5.41) is 59.0. The first-order valence-electron chi connectivity index (χ1n) is 35.1. The van der Waals surface area contributed by atoms with Crippen LogP contribution >= 0.6 is 0 Å². The molecule has 4 aromatic rings.